The summed E-state index contributed by atoms with van der Waals surface area (Å²) < 4.78 is 85.0. The Bertz CT molecular complexity index is 1270. The second kappa shape index (κ2) is 12.1. The molecule has 3 aromatic rings. The van der Waals surface area contributed by atoms with Crippen molar-refractivity contribution in [2.45, 2.75) is 51.0 Å². The van der Waals surface area contributed by atoms with E-state index < -0.39 is 47.8 Å². The SMILES string of the molecule is CCCOC(=O)N(C(Cc1c[nH]c2ccccc12)C(=O)CCc1cc(C(F)(F)F)cc(C(F)(F)F)c1)N(C)C. The highest BCUT2D eigenvalue weighted by Crippen LogP contribution is 2.36. The minimum Gasteiger partial charge on any atom is -0.448 e. The molecule has 0 spiro atoms. The van der Waals surface area contributed by atoms with Crippen molar-refractivity contribution in [1.29, 1.82) is 0 Å². The van der Waals surface area contributed by atoms with Crippen LogP contribution in [0.3, 0.4) is 0 Å². The molecule has 2 aromatic carbocycles. The summed E-state index contributed by atoms with van der Waals surface area (Å²) in [5.74, 6) is -0.548. The van der Waals surface area contributed by atoms with Crippen molar-refractivity contribution >= 4 is 22.8 Å². The van der Waals surface area contributed by atoms with Crippen molar-refractivity contribution < 1.29 is 40.7 Å². The molecule has 39 heavy (non-hydrogen) atoms. The van der Waals surface area contributed by atoms with Gasteiger partial charge in [-0.25, -0.2) is 14.8 Å². The van der Waals surface area contributed by atoms with E-state index in [1.165, 1.54) is 19.1 Å². The van der Waals surface area contributed by atoms with E-state index in [0.717, 1.165) is 15.9 Å². The lowest BCUT2D eigenvalue weighted by Crippen LogP contribution is -2.53. The molecule has 1 heterocycles. The number of para-hydroxylation sites is 1. The molecule has 0 saturated heterocycles. The van der Waals surface area contributed by atoms with E-state index in [1.807, 2.05) is 24.3 Å². The first kappa shape index (κ1) is 30.0. The Morgan fingerprint density at radius 2 is 1.59 bits per heavy atom. The number of halogens is 6. The summed E-state index contributed by atoms with van der Waals surface area (Å²) in [5.41, 5.74) is -1.69. The van der Waals surface area contributed by atoms with Gasteiger partial charge in [-0.15, -0.1) is 0 Å². The first-order valence-electron chi connectivity index (χ1n) is 12.2. The second-order valence-electron chi connectivity index (χ2n) is 9.27. The van der Waals surface area contributed by atoms with E-state index in [9.17, 15) is 35.9 Å². The lowest BCUT2D eigenvalue weighted by Gasteiger charge is -2.34. The Hall–Kier alpha value is -3.54. The van der Waals surface area contributed by atoms with Crippen LogP contribution in [0, 0.1) is 0 Å². The molecule has 0 radical (unpaired) electrons. The lowest BCUT2D eigenvalue weighted by atomic mass is 9.95. The number of hydrogen-bond donors (Lipinski definition) is 1. The van der Waals surface area contributed by atoms with Gasteiger partial charge < -0.3 is 9.72 Å². The molecule has 1 amide bonds. The maximum Gasteiger partial charge on any atom is 0.425 e. The van der Waals surface area contributed by atoms with Gasteiger partial charge >= 0.3 is 18.4 Å². The fourth-order valence-electron chi connectivity index (χ4n) is 4.27. The van der Waals surface area contributed by atoms with Gasteiger partial charge in [-0.2, -0.15) is 26.3 Å². The fraction of sp³-hybridized carbons (Fsp3) is 0.407. The van der Waals surface area contributed by atoms with Crippen LogP contribution in [0.15, 0.2) is 48.7 Å². The number of carbonyl (C=O) groups is 2. The van der Waals surface area contributed by atoms with Crippen LogP contribution in [-0.4, -0.2) is 53.6 Å². The molecule has 0 aliphatic rings. The number of nitrogens with one attached hydrogen (secondary N) is 1. The van der Waals surface area contributed by atoms with Gasteiger partial charge in [0.15, 0.2) is 5.78 Å². The van der Waals surface area contributed by atoms with E-state index in [4.69, 9.17) is 4.74 Å². The standard InChI is InChI=1S/C27H29F6N3O3/c1-4-11-39-25(38)36(35(2)3)23(14-18-16-34-22-8-6-5-7-21(18)22)24(37)10-9-17-12-19(26(28,29)30)15-20(13-17)27(31,32)33/h5-8,12-13,15-16,23,34H,4,9-11,14H2,1-3H3. The Labute approximate surface area is 221 Å². The number of aromatic nitrogens is 1. The number of aryl methyl sites for hydroxylation is 1. The van der Waals surface area contributed by atoms with Crippen LogP contribution in [0.2, 0.25) is 0 Å². The summed E-state index contributed by atoms with van der Waals surface area (Å²) in [5, 5.41) is 3.30. The van der Waals surface area contributed by atoms with Crippen LogP contribution in [0.25, 0.3) is 10.9 Å². The Kier molecular flexibility index (Phi) is 9.31. The highest BCUT2D eigenvalue weighted by molar-refractivity contribution is 5.89. The maximum absolute atomic E-state index is 13.5. The number of rotatable bonds is 10. The van der Waals surface area contributed by atoms with Gasteiger partial charge in [0, 0.05) is 44.0 Å². The molecule has 212 valence electrons. The third-order valence-electron chi connectivity index (χ3n) is 6.11. The summed E-state index contributed by atoms with van der Waals surface area (Å²) in [6.07, 6.45) is -9.31. The molecule has 6 nitrogen and oxygen atoms in total. The third-order valence-corrected chi connectivity index (χ3v) is 6.11. The number of fused-ring (bicyclic) bond motifs is 1. The average molecular weight is 558 g/mol. The number of hydrazine groups is 1. The van der Waals surface area contributed by atoms with E-state index in [1.54, 1.807) is 13.1 Å². The van der Waals surface area contributed by atoms with Crippen molar-refractivity contribution in [1.82, 2.24) is 15.0 Å². The van der Waals surface area contributed by atoms with Crippen molar-refractivity contribution in [3.8, 4) is 0 Å². The quantitative estimate of drug-likeness (QED) is 0.224. The predicted octanol–water partition coefficient (Wildman–Crippen LogP) is 6.64. The number of alkyl halides is 6. The van der Waals surface area contributed by atoms with Crippen molar-refractivity contribution in [3.63, 3.8) is 0 Å². The molecule has 0 fully saturated rings. The number of benzene rings is 2. The van der Waals surface area contributed by atoms with Crippen molar-refractivity contribution in [2.75, 3.05) is 20.7 Å². The third kappa shape index (κ3) is 7.53. The molecular formula is C27H29F6N3O3. The number of carbonyl (C=O) groups excluding carboxylic acids is 2. The maximum atomic E-state index is 13.5. The molecule has 1 unspecified atom stereocenters. The zero-order chi connectivity index (χ0) is 29.0. The van der Waals surface area contributed by atoms with Gasteiger partial charge in [0.1, 0.15) is 6.04 Å². The first-order chi connectivity index (χ1) is 18.2. The van der Waals surface area contributed by atoms with Gasteiger partial charge in [0.25, 0.3) is 0 Å². The monoisotopic (exact) mass is 557 g/mol. The normalized spacial score (nSPS) is 13.1. The van der Waals surface area contributed by atoms with Gasteiger partial charge in [-0.05, 0) is 48.2 Å². The summed E-state index contributed by atoms with van der Waals surface area (Å²) in [4.78, 5) is 29.5. The number of nitrogens with zero attached hydrogens (tertiary/aromatic N) is 2. The molecule has 12 heteroatoms. The van der Waals surface area contributed by atoms with Gasteiger partial charge in [-0.1, -0.05) is 25.1 Å². The molecular weight excluding hydrogens is 528 g/mol. The summed E-state index contributed by atoms with van der Waals surface area (Å²) in [6, 6.07) is 7.43. The van der Waals surface area contributed by atoms with E-state index >= 15 is 0 Å². The van der Waals surface area contributed by atoms with Crippen LogP contribution in [-0.2, 0) is 34.7 Å². The molecule has 0 bridgehead atoms. The first-order valence-corrected chi connectivity index (χ1v) is 12.2. The molecule has 1 atom stereocenters. The van der Waals surface area contributed by atoms with Crippen LogP contribution in [0.5, 0.6) is 0 Å². The minimum absolute atomic E-state index is 0.0403. The number of H-pyrrole nitrogens is 1. The largest absolute Gasteiger partial charge is 0.448 e. The summed E-state index contributed by atoms with van der Waals surface area (Å²) in [7, 11) is 3.07. The Morgan fingerprint density at radius 1 is 0.974 bits per heavy atom. The number of ketones is 1. The molecule has 0 saturated carbocycles. The number of hydrogen-bond acceptors (Lipinski definition) is 4. The smallest absolute Gasteiger partial charge is 0.425 e. The number of Topliss-reactive ketones (excluding diaryl/α,β-unsaturated/α-hetero) is 1. The fourth-order valence-corrected chi connectivity index (χ4v) is 4.27. The predicted molar refractivity (Wildman–Crippen MR) is 133 cm³/mol. The minimum atomic E-state index is -5.00. The zero-order valence-corrected chi connectivity index (χ0v) is 21.6. The highest BCUT2D eigenvalue weighted by Gasteiger charge is 2.37. The average Bonchev–Trinajstić information content (AvgIpc) is 3.27. The number of aromatic amines is 1. The van der Waals surface area contributed by atoms with Crippen molar-refractivity contribution in [3.05, 3.63) is 70.9 Å². The van der Waals surface area contributed by atoms with Gasteiger partial charge in [0.2, 0.25) is 0 Å². The molecule has 0 aliphatic heterocycles. The Morgan fingerprint density at radius 3 is 2.15 bits per heavy atom. The van der Waals surface area contributed by atoms with Gasteiger partial charge in [0.05, 0.1) is 17.7 Å². The van der Waals surface area contributed by atoms with Crippen LogP contribution < -0.4 is 0 Å². The van der Waals surface area contributed by atoms with Crippen LogP contribution >= 0.6 is 0 Å². The number of ether oxygens (including phenoxy) is 1. The topological polar surface area (TPSA) is 65.6 Å². The van der Waals surface area contributed by atoms with Crippen LogP contribution in [0.4, 0.5) is 31.1 Å². The van der Waals surface area contributed by atoms with E-state index in [-0.39, 0.29) is 31.1 Å². The summed E-state index contributed by atoms with van der Waals surface area (Å²) in [6.45, 7) is 1.90. The second-order valence-corrected chi connectivity index (χ2v) is 9.27. The molecule has 1 aromatic heterocycles. The lowest BCUT2D eigenvalue weighted by molar-refractivity contribution is -0.143. The molecule has 0 aliphatic carbocycles. The highest BCUT2D eigenvalue weighted by atomic mass is 19.4. The van der Waals surface area contributed by atoms with E-state index in [0.29, 0.717) is 24.1 Å². The van der Waals surface area contributed by atoms with Crippen molar-refractivity contribution in [2.24, 2.45) is 0 Å². The molecule has 3 rings (SSSR count). The Balaban J connectivity index is 1.94. The zero-order valence-electron chi connectivity index (χ0n) is 21.6. The van der Waals surface area contributed by atoms with Crippen LogP contribution in [0.1, 0.15) is 42.0 Å². The van der Waals surface area contributed by atoms with Gasteiger partial charge in [-0.3, -0.25) is 4.79 Å². The number of amides is 1. The summed E-state index contributed by atoms with van der Waals surface area (Å²) >= 11 is 0. The van der Waals surface area contributed by atoms with E-state index in [2.05, 4.69) is 4.98 Å². The molecule has 1 N–H and O–H groups in total.